The Labute approximate surface area is 222 Å². The van der Waals surface area contributed by atoms with Crippen LogP contribution in [0.4, 0.5) is 29.2 Å². The van der Waals surface area contributed by atoms with Crippen molar-refractivity contribution in [2.75, 3.05) is 22.7 Å². The third kappa shape index (κ3) is 7.02. The first-order valence-corrected chi connectivity index (χ1v) is 13.8. The van der Waals surface area contributed by atoms with Gasteiger partial charge in [0.05, 0.1) is 17.7 Å². The van der Waals surface area contributed by atoms with Gasteiger partial charge in [-0.2, -0.15) is 21.6 Å². The number of carboxylic acids is 1. The summed E-state index contributed by atoms with van der Waals surface area (Å²) in [5, 5.41) is 8.73. The van der Waals surface area contributed by atoms with E-state index in [9.17, 15) is 30.8 Å². The second kappa shape index (κ2) is 11.6. The van der Waals surface area contributed by atoms with Crippen LogP contribution >= 0.6 is 0 Å². The Hall–Kier alpha value is -3.74. The van der Waals surface area contributed by atoms with Crippen LogP contribution in [0.5, 0.6) is 0 Å². The van der Waals surface area contributed by atoms with Gasteiger partial charge in [-0.15, -0.1) is 0 Å². The molecule has 0 saturated carbocycles. The first kappa shape index (κ1) is 28.3. The van der Waals surface area contributed by atoms with Crippen LogP contribution < -0.4 is 9.62 Å². The van der Waals surface area contributed by atoms with Crippen molar-refractivity contribution in [1.82, 2.24) is 9.97 Å². The molecule has 1 aliphatic rings. The molecule has 0 atom stereocenters. The van der Waals surface area contributed by atoms with Crippen molar-refractivity contribution in [2.24, 2.45) is 0 Å². The standard InChI is InChI=1S/C26H26F4N4O4S/c27-18-10-9-17-6-3-1-2-4-14-34(15-13-24(35)36)22-7-5-8-23(32-22)39(37,38)33-21-12-11-20(26(28,29)30)25(31-21)19(17)16-18/h5,7-12,16H,1-4,6,13-15H2,(H,31,33)(H,35,36). The molecule has 13 heteroatoms. The molecule has 0 aliphatic carbocycles. The number of pyridine rings is 2. The summed E-state index contributed by atoms with van der Waals surface area (Å²) in [7, 11) is -4.40. The maximum absolute atomic E-state index is 14.2. The lowest BCUT2D eigenvalue weighted by molar-refractivity contribution is -0.138. The third-order valence-electron chi connectivity index (χ3n) is 6.29. The van der Waals surface area contributed by atoms with Crippen LogP contribution in [0.2, 0.25) is 0 Å². The molecule has 0 fully saturated rings. The molecular weight excluding hydrogens is 540 g/mol. The van der Waals surface area contributed by atoms with E-state index in [4.69, 9.17) is 5.11 Å². The molecule has 2 aromatic heterocycles. The third-order valence-corrected chi connectivity index (χ3v) is 7.55. The monoisotopic (exact) mass is 566 g/mol. The Morgan fingerprint density at radius 2 is 1.79 bits per heavy atom. The number of aliphatic carboxylic acids is 1. The largest absolute Gasteiger partial charge is 0.481 e. The molecule has 0 saturated heterocycles. The average Bonchev–Trinajstić information content (AvgIpc) is 2.87. The quantitative estimate of drug-likeness (QED) is 0.403. The number of hydrogen-bond acceptors (Lipinski definition) is 6. The van der Waals surface area contributed by atoms with E-state index in [1.165, 1.54) is 24.3 Å². The molecule has 8 nitrogen and oxygen atoms in total. The Morgan fingerprint density at radius 1 is 1.03 bits per heavy atom. The van der Waals surface area contributed by atoms with Crippen LogP contribution in [0, 0.1) is 5.82 Å². The van der Waals surface area contributed by atoms with Crippen molar-refractivity contribution in [3.8, 4) is 11.3 Å². The van der Waals surface area contributed by atoms with Crippen molar-refractivity contribution in [3.05, 3.63) is 65.5 Å². The minimum atomic E-state index is -4.82. The Kier molecular flexibility index (Phi) is 8.38. The molecule has 0 amide bonds. The lowest BCUT2D eigenvalue weighted by Crippen LogP contribution is -2.29. The van der Waals surface area contributed by atoms with Gasteiger partial charge >= 0.3 is 12.1 Å². The number of sulfonamides is 1. The highest BCUT2D eigenvalue weighted by Crippen LogP contribution is 2.39. The number of carboxylic acid groups (broad SMARTS) is 1. The van der Waals surface area contributed by atoms with Crippen molar-refractivity contribution in [2.45, 2.75) is 49.7 Å². The van der Waals surface area contributed by atoms with E-state index in [2.05, 4.69) is 14.7 Å². The second-order valence-electron chi connectivity index (χ2n) is 9.13. The summed E-state index contributed by atoms with van der Waals surface area (Å²) in [6.07, 6.45) is -1.95. The Bertz CT molecular complexity index is 1460. The number of nitrogens with one attached hydrogen (secondary N) is 1. The molecule has 4 bridgehead atoms. The van der Waals surface area contributed by atoms with Crippen molar-refractivity contribution >= 4 is 27.6 Å². The summed E-state index contributed by atoms with van der Waals surface area (Å²) >= 11 is 0. The van der Waals surface area contributed by atoms with E-state index >= 15 is 0 Å². The number of rotatable bonds is 3. The zero-order chi connectivity index (χ0) is 28.2. The molecular formula is C26H26F4N4O4S. The molecule has 3 heterocycles. The SMILES string of the molecule is O=C(O)CCN1CCCCCCc2ccc(F)cc2-c2nc(ccc2C(F)(F)F)NS(=O)(=O)c2cccc1n2. The molecule has 4 rings (SSSR count). The molecule has 208 valence electrons. The predicted molar refractivity (Wildman–Crippen MR) is 136 cm³/mol. The average molecular weight is 567 g/mol. The zero-order valence-corrected chi connectivity index (χ0v) is 21.5. The Morgan fingerprint density at radius 3 is 2.54 bits per heavy atom. The summed E-state index contributed by atoms with van der Waals surface area (Å²) in [4.78, 5) is 21.1. The molecule has 3 aromatic rings. The second-order valence-corrected chi connectivity index (χ2v) is 10.8. The van der Waals surface area contributed by atoms with Crippen molar-refractivity contribution in [1.29, 1.82) is 0 Å². The fourth-order valence-electron chi connectivity index (χ4n) is 4.40. The summed E-state index contributed by atoms with van der Waals surface area (Å²) in [6.45, 7) is 0.540. The van der Waals surface area contributed by atoms with Gasteiger partial charge < -0.3 is 10.0 Å². The molecule has 2 N–H and O–H groups in total. The maximum Gasteiger partial charge on any atom is 0.418 e. The van der Waals surface area contributed by atoms with Gasteiger partial charge in [-0.05, 0) is 61.2 Å². The summed E-state index contributed by atoms with van der Waals surface area (Å²) < 4.78 is 84.5. The molecule has 0 unspecified atom stereocenters. The topological polar surface area (TPSA) is 112 Å². The normalized spacial score (nSPS) is 16.1. The smallest absolute Gasteiger partial charge is 0.418 e. The number of anilines is 2. The number of alkyl halides is 3. The summed E-state index contributed by atoms with van der Waals surface area (Å²) in [5.41, 5.74) is -1.31. The fourth-order valence-corrected chi connectivity index (χ4v) is 5.37. The van der Waals surface area contributed by atoms with E-state index in [0.717, 1.165) is 18.6 Å². The molecule has 0 radical (unpaired) electrons. The fraction of sp³-hybridized carbons (Fsp3) is 0.346. The van der Waals surface area contributed by atoms with Gasteiger partial charge in [0.15, 0.2) is 5.03 Å². The van der Waals surface area contributed by atoms with Crippen molar-refractivity contribution in [3.63, 3.8) is 0 Å². The zero-order valence-electron chi connectivity index (χ0n) is 20.7. The summed E-state index contributed by atoms with van der Waals surface area (Å²) in [6, 6.07) is 9.38. The number of fused-ring (bicyclic) bond motifs is 6. The lowest BCUT2D eigenvalue weighted by Gasteiger charge is -2.23. The van der Waals surface area contributed by atoms with Crippen LogP contribution in [-0.2, 0) is 27.4 Å². The minimum absolute atomic E-state index is 0.0624. The predicted octanol–water partition coefficient (Wildman–Crippen LogP) is 5.50. The van der Waals surface area contributed by atoms with E-state index in [0.29, 0.717) is 43.9 Å². The van der Waals surface area contributed by atoms with E-state index in [1.54, 1.807) is 11.0 Å². The van der Waals surface area contributed by atoms with Gasteiger partial charge in [-0.1, -0.05) is 25.0 Å². The van der Waals surface area contributed by atoms with Crippen LogP contribution in [0.15, 0.2) is 53.6 Å². The van der Waals surface area contributed by atoms with Gasteiger partial charge in [0, 0.05) is 18.7 Å². The Balaban J connectivity index is 1.82. The van der Waals surface area contributed by atoms with E-state index in [1.807, 2.05) is 0 Å². The van der Waals surface area contributed by atoms with Gasteiger partial charge in [-0.3, -0.25) is 9.52 Å². The number of aromatic nitrogens is 2. The number of benzene rings is 1. The summed E-state index contributed by atoms with van der Waals surface area (Å²) in [5.74, 6) is -1.90. The van der Waals surface area contributed by atoms with Crippen LogP contribution in [-0.4, -0.2) is 42.6 Å². The first-order chi connectivity index (χ1) is 18.4. The number of nitrogens with zero attached hydrogens (tertiary/aromatic N) is 3. The number of hydrogen-bond donors (Lipinski definition) is 2. The maximum atomic E-state index is 14.2. The molecule has 39 heavy (non-hydrogen) atoms. The lowest BCUT2D eigenvalue weighted by atomic mass is 9.95. The highest BCUT2D eigenvalue weighted by atomic mass is 32.2. The molecule has 1 aromatic carbocycles. The van der Waals surface area contributed by atoms with Crippen LogP contribution in [0.1, 0.15) is 43.2 Å². The van der Waals surface area contributed by atoms with Gasteiger partial charge in [0.2, 0.25) is 0 Å². The van der Waals surface area contributed by atoms with Gasteiger partial charge in [-0.25, -0.2) is 14.4 Å². The van der Waals surface area contributed by atoms with Gasteiger partial charge in [0.1, 0.15) is 17.5 Å². The highest BCUT2D eigenvalue weighted by molar-refractivity contribution is 7.92. The number of halogens is 4. The van der Waals surface area contributed by atoms with E-state index in [-0.39, 0.29) is 24.3 Å². The number of aryl methyl sites for hydroxylation is 1. The minimum Gasteiger partial charge on any atom is -0.481 e. The van der Waals surface area contributed by atoms with E-state index < -0.39 is 50.1 Å². The van der Waals surface area contributed by atoms with Crippen LogP contribution in [0.25, 0.3) is 11.3 Å². The first-order valence-electron chi connectivity index (χ1n) is 12.3. The molecule has 1 aliphatic heterocycles. The van der Waals surface area contributed by atoms with Gasteiger partial charge in [0.25, 0.3) is 10.0 Å². The number of carbonyl (C=O) groups is 1. The van der Waals surface area contributed by atoms with Crippen LogP contribution in [0.3, 0.4) is 0 Å². The van der Waals surface area contributed by atoms with Crippen molar-refractivity contribution < 1.29 is 35.9 Å². The highest BCUT2D eigenvalue weighted by Gasteiger charge is 2.35. The molecule has 0 spiro atoms.